The van der Waals surface area contributed by atoms with E-state index >= 15 is 0 Å². The molecule has 1 amide bonds. The topological polar surface area (TPSA) is 128 Å². The van der Waals surface area contributed by atoms with Gasteiger partial charge >= 0.3 is 5.97 Å². The maximum Gasteiger partial charge on any atom is 0.324 e. The largest absolute Gasteiger partial charge is 0.451 e. The molecule has 0 radical (unpaired) electrons. The molecule has 1 rings (SSSR count). The molecule has 0 saturated carbocycles. The number of esters is 1. The first-order valence-electron chi connectivity index (χ1n) is 8.19. The van der Waals surface area contributed by atoms with Gasteiger partial charge in [0.05, 0.1) is 11.5 Å². The Kier molecular flexibility index (Phi) is 8.54. The summed E-state index contributed by atoms with van der Waals surface area (Å²) in [7, 11) is -2.52. The zero-order valence-electron chi connectivity index (χ0n) is 15.6. The summed E-state index contributed by atoms with van der Waals surface area (Å²) in [5.74, 6) is -1.61. The summed E-state index contributed by atoms with van der Waals surface area (Å²) in [6.45, 7) is 4.62. The van der Waals surface area contributed by atoms with Crippen LogP contribution in [0.25, 0.3) is 0 Å². The molecule has 0 saturated heterocycles. The van der Waals surface area contributed by atoms with Crippen LogP contribution in [0.5, 0.6) is 0 Å². The first-order valence-corrected chi connectivity index (χ1v) is 9.67. The standard InChI is InChI=1S/C17H24N2O7S/c1-11(17(22)26-13(3)16(21)18-9-10-25-4)19-27(23,24)15-7-5-14(6-8-15)12(2)20/h5-8,11,13,19H,9-10H2,1-4H3,(H,18,21)/t11-,13-/m0/s1. The monoisotopic (exact) mass is 400 g/mol. The minimum atomic E-state index is -4.00. The molecular formula is C17H24N2O7S. The number of hydrogen-bond donors (Lipinski definition) is 2. The first kappa shape index (κ1) is 22.7. The Hall–Kier alpha value is -2.30. The first-order chi connectivity index (χ1) is 12.6. The van der Waals surface area contributed by atoms with E-state index in [-0.39, 0.29) is 17.2 Å². The number of ether oxygens (including phenoxy) is 2. The van der Waals surface area contributed by atoms with Gasteiger partial charge in [-0.1, -0.05) is 12.1 Å². The van der Waals surface area contributed by atoms with Crippen LogP contribution < -0.4 is 10.0 Å². The fourth-order valence-electron chi connectivity index (χ4n) is 1.97. The highest BCUT2D eigenvalue weighted by Crippen LogP contribution is 2.12. The summed E-state index contributed by atoms with van der Waals surface area (Å²) in [5.41, 5.74) is 0.370. The van der Waals surface area contributed by atoms with Gasteiger partial charge < -0.3 is 14.8 Å². The third-order valence-corrected chi connectivity index (χ3v) is 5.08. The summed E-state index contributed by atoms with van der Waals surface area (Å²) in [5, 5.41) is 2.51. The van der Waals surface area contributed by atoms with Crippen LogP contribution >= 0.6 is 0 Å². The van der Waals surface area contributed by atoms with E-state index in [1.807, 2.05) is 0 Å². The average molecular weight is 400 g/mol. The quantitative estimate of drug-likeness (QED) is 0.327. The fraction of sp³-hybridized carbons (Fsp3) is 0.471. The predicted molar refractivity (Wildman–Crippen MR) is 96.7 cm³/mol. The highest BCUT2D eigenvalue weighted by atomic mass is 32.2. The third kappa shape index (κ3) is 7.08. The number of Topliss-reactive ketones (excluding diaryl/α,β-unsaturated/α-hetero) is 1. The van der Waals surface area contributed by atoms with E-state index in [0.717, 1.165) is 0 Å². The Bertz CT molecular complexity index is 775. The van der Waals surface area contributed by atoms with Crippen LogP contribution in [0.15, 0.2) is 29.2 Å². The van der Waals surface area contributed by atoms with E-state index in [2.05, 4.69) is 10.0 Å². The SMILES string of the molecule is COCCNC(=O)[C@H](C)OC(=O)[C@H](C)NS(=O)(=O)c1ccc(C(C)=O)cc1. The number of carbonyl (C=O) groups is 3. The van der Waals surface area contributed by atoms with Crippen molar-refractivity contribution in [2.75, 3.05) is 20.3 Å². The molecule has 0 spiro atoms. The summed E-state index contributed by atoms with van der Waals surface area (Å²) < 4.78 is 36.6. The molecule has 0 fully saturated rings. The van der Waals surface area contributed by atoms with E-state index in [9.17, 15) is 22.8 Å². The van der Waals surface area contributed by atoms with Crippen LogP contribution in [0, 0.1) is 0 Å². The van der Waals surface area contributed by atoms with Crippen molar-refractivity contribution >= 4 is 27.7 Å². The van der Waals surface area contributed by atoms with Crippen molar-refractivity contribution < 1.29 is 32.3 Å². The number of amides is 1. The van der Waals surface area contributed by atoms with Crippen LogP contribution in [0.1, 0.15) is 31.1 Å². The smallest absolute Gasteiger partial charge is 0.324 e. The van der Waals surface area contributed by atoms with Gasteiger partial charge in [-0.05, 0) is 32.9 Å². The Morgan fingerprint density at radius 3 is 2.22 bits per heavy atom. The summed E-state index contributed by atoms with van der Waals surface area (Å²) >= 11 is 0. The second kappa shape index (κ2) is 10.1. The molecule has 0 aliphatic heterocycles. The molecule has 2 atom stereocenters. The van der Waals surface area contributed by atoms with Crippen molar-refractivity contribution in [3.8, 4) is 0 Å². The molecule has 0 unspecified atom stereocenters. The predicted octanol–water partition coefficient (Wildman–Crippen LogP) is 0.250. The second-order valence-electron chi connectivity index (χ2n) is 5.79. The van der Waals surface area contributed by atoms with Crippen molar-refractivity contribution in [1.29, 1.82) is 0 Å². The Labute approximate surface area is 158 Å². The van der Waals surface area contributed by atoms with Crippen LogP contribution in [-0.2, 0) is 29.1 Å². The summed E-state index contributed by atoms with van der Waals surface area (Å²) in [6.07, 6.45) is -1.09. The highest BCUT2D eigenvalue weighted by molar-refractivity contribution is 7.89. The van der Waals surface area contributed by atoms with Gasteiger partial charge in [-0.2, -0.15) is 4.72 Å². The van der Waals surface area contributed by atoms with Gasteiger partial charge in [0.2, 0.25) is 10.0 Å². The molecule has 1 aromatic rings. The van der Waals surface area contributed by atoms with E-state index in [0.29, 0.717) is 12.2 Å². The van der Waals surface area contributed by atoms with Gasteiger partial charge in [-0.25, -0.2) is 8.42 Å². The van der Waals surface area contributed by atoms with Crippen molar-refractivity contribution in [1.82, 2.24) is 10.0 Å². The number of nitrogens with one attached hydrogen (secondary N) is 2. The number of carbonyl (C=O) groups excluding carboxylic acids is 3. The number of sulfonamides is 1. The van der Waals surface area contributed by atoms with Crippen LogP contribution in [0.3, 0.4) is 0 Å². The van der Waals surface area contributed by atoms with Gasteiger partial charge in [-0.3, -0.25) is 14.4 Å². The Balaban J connectivity index is 2.67. The highest BCUT2D eigenvalue weighted by Gasteiger charge is 2.26. The second-order valence-corrected chi connectivity index (χ2v) is 7.50. The number of ketones is 1. The molecule has 2 N–H and O–H groups in total. The maximum absolute atomic E-state index is 12.3. The zero-order chi connectivity index (χ0) is 20.6. The number of methoxy groups -OCH3 is 1. The van der Waals surface area contributed by atoms with Gasteiger partial charge in [0.15, 0.2) is 11.9 Å². The molecule has 0 bridgehead atoms. The maximum atomic E-state index is 12.3. The molecule has 1 aromatic carbocycles. The molecule has 0 aliphatic rings. The molecule has 9 nitrogen and oxygen atoms in total. The minimum absolute atomic E-state index is 0.0995. The number of hydrogen-bond acceptors (Lipinski definition) is 7. The lowest BCUT2D eigenvalue weighted by molar-refractivity contribution is -0.156. The third-order valence-electron chi connectivity index (χ3n) is 3.52. The molecular weight excluding hydrogens is 376 g/mol. The van der Waals surface area contributed by atoms with Crippen molar-refractivity contribution in [2.45, 2.75) is 37.8 Å². The minimum Gasteiger partial charge on any atom is -0.451 e. The van der Waals surface area contributed by atoms with E-state index in [1.165, 1.54) is 52.1 Å². The van der Waals surface area contributed by atoms with Crippen molar-refractivity contribution in [3.63, 3.8) is 0 Å². The Morgan fingerprint density at radius 1 is 1.11 bits per heavy atom. The van der Waals surface area contributed by atoms with Crippen LogP contribution in [-0.4, -0.2) is 58.5 Å². The molecule has 150 valence electrons. The average Bonchev–Trinajstić information content (AvgIpc) is 2.61. The van der Waals surface area contributed by atoms with Crippen molar-refractivity contribution in [2.24, 2.45) is 0 Å². The van der Waals surface area contributed by atoms with Gasteiger partial charge in [-0.15, -0.1) is 0 Å². The number of rotatable bonds is 10. The van der Waals surface area contributed by atoms with Crippen molar-refractivity contribution in [3.05, 3.63) is 29.8 Å². The van der Waals surface area contributed by atoms with Gasteiger partial charge in [0, 0.05) is 19.2 Å². The van der Waals surface area contributed by atoms with E-state index in [1.54, 1.807) is 0 Å². The lowest BCUT2D eigenvalue weighted by Crippen LogP contribution is -2.43. The summed E-state index contributed by atoms with van der Waals surface area (Å²) in [6, 6.07) is 4.08. The molecule has 0 heterocycles. The normalized spacial score (nSPS) is 13.5. The van der Waals surface area contributed by atoms with Crippen LogP contribution in [0.2, 0.25) is 0 Å². The molecule has 0 aromatic heterocycles. The fourth-order valence-corrected chi connectivity index (χ4v) is 3.16. The lowest BCUT2D eigenvalue weighted by Gasteiger charge is -2.17. The molecule has 27 heavy (non-hydrogen) atoms. The van der Waals surface area contributed by atoms with E-state index < -0.39 is 34.0 Å². The van der Waals surface area contributed by atoms with Crippen LogP contribution in [0.4, 0.5) is 0 Å². The Morgan fingerprint density at radius 2 is 1.70 bits per heavy atom. The van der Waals surface area contributed by atoms with Gasteiger partial charge in [0.1, 0.15) is 6.04 Å². The van der Waals surface area contributed by atoms with Gasteiger partial charge in [0.25, 0.3) is 5.91 Å². The molecule has 0 aliphatic carbocycles. The zero-order valence-corrected chi connectivity index (χ0v) is 16.5. The lowest BCUT2D eigenvalue weighted by atomic mass is 10.2. The molecule has 10 heteroatoms. The van der Waals surface area contributed by atoms with E-state index in [4.69, 9.17) is 9.47 Å². The number of benzene rings is 1. The summed E-state index contributed by atoms with van der Waals surface area (Å²) in [4.78, 5) is 35.0.